The molecule has 0 radical (unpaired) electrons. The molecule has 1 aliphatic heterocycles. The van der Waals surface area contributed by atoms with E-state index in [-0.39, 0.29) is 5.91 Å². The number of likely N-dealkylation sites (N-methyl/N-ethyl adjacent to an activating group) is 2. The summed E-state index contributed by atoms with van der Waals surface area (Å²) >= 11 is 0. The van der Waals surface area contributed by atoms with Crippen LogP contribution in [0.4, 0.5) is 0 Å². The van der Waals surface area contributed by atoms with Crippen LogP contribution in [0.3, 0.4) is 0 Å². The molecule has 1 saturated heterocycles. The van der Waals surface area contributed by atoms with Crippen LogP contribution in [0.15, 0.2) is 0 Å². The zero-order chi connectivity index (χ0) is 12.7. The van der Waals surface area contributed by atoms with Crippen LogP contribution < -0.4 is 5.32 Å². The zero-order valence-electron chi connectivity index (χ0n) is 11.5. The van der Waals surface area contributed by atoms with Crippen molar-refractivity contribution >= 4 is 5.91 Å². The summed E-state index contributed by atoms with van der Waals surface area (Å²) in [7, 11) is 4.09. The third-order valence-electron chi connectivity index (χ3n) is 3.66. The van der Waals surface area contributed by atoms with Gasteiger partial charge in [0, 0.05) is 13.6 Å². The van der Waals surface area contributed by atoms with E-state index in [4.69, 9.17) is 0 Å². The Morgan fingerprint density at radius 1 is 1.41 bits per heavy atom. The standard InChI is InChI=1S/C13H27N3O/c1-4-14-11-13(17)16(3)10-7-12-5-8-15(2)9-6-12/h12,14H,4-11H2,1-3H3. The Balaban J connectivity index is 2.14. The van der Waals surface area contributed by atoms with Crippen molar-refractivity contribution in [2.75, 3.05) is 46.8 Å². The Hall–Kier alpha value is -0.610. The van der Waals surface area contributed by atoms with Gasteiger partial charge in [-0.05, 0) is 51.9 Å². The fraction of sp³-hybridized carbons (Fsp3) is 0.923. The number of amides is 1. The summed E-state index contributed by atoms with van der Waals surface area (Å²) < 4.78 is 0. The average Bonchev–Trinajstić information content (AvgIpc) is 2.34. The molecule has 0 saturated carbocycles. The molecule has 1 aliphatic rings. The van der Waals surface area contributed by atoms with E-state index in [1.54, 1.807) is 0 Å². The summed E-state index contributed by atoms with van der Waals surface area (Å²) in [6, 6.07) is 0. The molecule has 100 valence electrons. The molecule has 1 N–H and O–H groups in total. The number of nitrogens with one attached hydrogen (secondary N) is 1. The van der Waals surface area contributed by atoms with Gasteiger partial charge in [-0.2, -0.15) is 0 Å². The van der Waals surface area contributed by atoms with E-state index in [1.807, 2.05) is 18.9 Å². The van der Waals surface area contributed by atoms with Crippen LogP contribution in [-0.4, -0.2) is 62.5 Å². The van der Waals surface area contributed by atoms with Gasteiger partial charge in [-0.25, -0.2) is 0 Å². The Morgan fingerprint density at radius 3 is 2.65 bits per heavy atom. The van der Waals surface area contributed by atoms with Crippen molar-refractivity contribution in [2.45, 2.75) is 26.2 Å². The molecular weight excluding hydrogens is 214 g/mol. The lowest BCUT2D eigenvalue weighted by atomic mass is 9.94. The van der Waals surface area contributed by atoms with Crippen molar-refractivity contribution in [1.82, 2.24) is 15.1 Å². The van der Waals surface area contributed by atoms with Gasteiger partial charge in [0.2, 0.25) is 5.91 Å². The molecule has 4 heteroatoms. The van der Waals surface area contributed by atoms with Crippen LogP contribution in [0.1, 0.15) is 26.2 Å². The molecule has 0 spiro atoms. The molecule has 0 aromatic heterocycles. The van der Waals surface area contributed by atoms with Gasteiger partial charge in [-0.3, -0.25) is 4.79 Å². The van der Waals surface area contributed by atoms with E-state index >= 15 is 0 Å². The van der Waals surface area contributed by atoms with Crippen LogP contribution in [-0.2, 0) is 4.79 Å². The minimum atomic E-state index is 0.208. The molecule has 4 nitrogen and oxygen atoms in total. The maximum atomic E-state index is 11.7. The van der Waals surface area contributed by atoms with Gasteiger partial charge in [-0.1, -0.05) is 6.92 Å². The van der Waals surface area contributed by atoms with E-state index in [1.165, 1.54) is 25.9 Å². The highest BCUT2D eigenvalue weighted by molar-refractivity contribution is 5.77. The highest BCUT2D eigenvalue weighted by Crippen LogP contribution is 2.19. The number of rotatable bonds is 6. The molecule has 0 unspecified atom stereocenters. The predicted octanol–water partition coefficient (Wildman–Crippen LogP) is 0.786. The highest BCUT2D eigenvalue weighted by atomic mass is 16.2. The minimum Gasteiger partial charge on any atom is -0.345 e. The Bertz CT molecular complexity index is 225. The zero-order valence-corrected chi connectivity index (χ0v) is 11.5. The summed E-state index contributed by atoms with van der Waals surface area (Å²) in [5.74, 6) is 1.01. The van der Waals surface area contributed by atoms with Gasteiger partial charge in [0.05, 0.1) is 6.54 Å². The highest BCUT2D eigenvalue weighted by Gasteiger charge is 2.17. The van der Waals surface area contributed by atoms with E-state index < -0.39 is 0 Å². The predicted molar refractivity (Wildman–Crippen MR) is 71.0 cm³/mol. The van der Waals surface area contributed by atoms with Crippen molar-refractivity contribution in [1.29, 1.82) is 0 Å². The van der Waals surface area contributed by atoms with E-state index in [0.29, 0.717) is 6.54 Å². The number of hydrogen-bond acceptors (Lipinski definition) is 3. The topological polar surface area (TPSA) is 35.6 Å². The Kier molecular flexibility index (Phi) is 6.52. The van der Waals surface area contributed by atoms with Crippen LogP contribution in [0.5, 0.6) is 0 Å². The normalized spacial score (nSPS) is 18.3. The maximum absolute atomic E-state index is 11.7. The Labute approximate surface area is 105 Å². The van der Waals surface area contributed by atoms with Crippen LogP contribution >= 0.6 is 0 Å². The fourth-order valence-electron chi connectivity index (χ4n) is 2.22. The van der Waals surface area contributed by atoms with Crippen LogP contribution in [0.2, 0.25) is 0 Å². The second-order valence-corrected chi connectivity index (χ2v) is 5.13. The number of likely N-dealkylation sites (tertiary alicyclic amines) is 1. The van der Waals surface area contributed by atoms with Gasteiger partial charge in [0.25, 0.3) is 0 Å². The number of nitrogens with zero attached hydrogens (tertiary/aromatic N) is 2. The molecule has 1 amide bonds. The number of carbonyl (C=O) groups is 1. The van der Waals surface area contributed by atoms with Crippen molar-refractivity contribution in [3.05, 3.63) is 0 Å². The number of carbonyl (C=O) groups excluding carboxylic acids is 1. The van der Waals surface area contributed by atoms with Crippen LogP contribution in [0.25, 0.3) is 0 Å². The van der Waals surface area contributed by atoms with Crippen LogP contribution in [0, 0.1) is 5.92 Å². The maximum Gasteiger partial charge on any atom is 0.236 e. The summed E-state index contributed by atoms with van der Waals surface area (Å²) in [5, 5.41) is 3.07. The molecule has 0 atom stereocenters. The quantitative estimate of drug-likeness (QED) is 0.747. The fourth-order valence-corrected chi connectivity index (χ4v) is 2.22. The first-order chi connectivity index (χ1) is 8.13. The molecule has 0 aliphatic carbocycles. The second-order valence-electron chi connectivity index (χ2n) is 5.13. The molecular formula is C13H27N3O. The lowest BCUT2D eigenvalue weighted by Crippen LogP contribution is -2.37. The first-order valence-corrected chi connectivity index (χ1v) is 6.76. The number of hydrogen-bond donors (Lipinski definition) is 1. The van der Waals surface area contributed by atoms with Crippen molar-refractivity contribution in [2.24, 2.45) is 5.92 Å². The first-order valence-electron chi connectivity index (χ1n) is 6.76. The summed E-state index contributed by atoms with van der Waals surface area (Å²) in [6.07, 6.45) is 3.72. The lowest BCUT2D eigenvalue weighted by Gasteiger charge is -2.30. The largest absolute Gasteiger partial charge is 0.345 e. The summed E-state index contributed by atoms with van der Waals surface area (Å²) in [6.45, 7) is 6.67. The third kappa shape index (κ3) is 5.50. The van der Waals surface area contributed by atoms with Crippen molar-refractivity contribution < 1.29 is 4.79 Å². The van der Waals surface area contributed by atoms with E-state index in [0.717, 1.165) is 25.4 Å². The average molecular weight is 241 g/mol. The minimum absolute atomic E-state index is 0.208. The Morgan fingerprint density at radius 2 is 2.06 bits per heavy atom. The SMILES string of the molecule is CCNCC(=O)N(C)CCC1CCN(C)CC1. The summed E-state index contributed by atoms with van der Waals surface area (Å²) in [4.78, 5) is 15.9. The van der Waals surface area contributed by atoms with Crippen molar-refractivity contribution in [3.8, 4) is 0 Å². The second kappa shape index (κ2) is 7.67. The van der Waals surface area contributed by atoms with Gasteiger partial charge >= 0.3 is 0 Å². The molecule has 0 bridgehead atoms. The molecule has 1 heterocycles. The first kappa shape index (κ1) is 14.5. The number of piperidine rings is 1. The molecule has 17 heavy (non-hydrogen) atoms. The smallest absolute Gasteiger partial charge is 0.236 e. The molecule has 1 rings (SSSR count). The third-order valence-corrected chi connectivity index (χ3v) is 3.66. The monoisotopic (exact) mass is 241 g/mol. The van der Waals surface area contributed by atoms with Crippen molar-refractivity contribution in [3.63, 3.8) is 0 Å². The van der Waals surface area contributed by atoms with Gasteiger partial charge < -0.3 is 15.1 Å². The molecule has 0 aromatic carbocycles. The van der Waals surface area contributed by atoms with Gasteiger partial charge in [0.1, 0.15) is 0 Å². The molecule has 1 fully saturated rings. The summed E-state index contributed by atoms with van der Waals surface area (Å²) in [5.41, 5.74) is 0. The van der Waals surface area contributed by atoms with E-state index in [2.05, 4.69) is 17.3 Å². The van der Waals surface area contributed by atoms with Gasteiger partial charge in [0.15, 0.2) is 0 Å². The van der Waals surface area contributed by atoms with Gasteiger partial charge in [-0.15, -0.1) is 0 Å². The molecule has 0 aromatic rings. The lowest BCUT2D eigenvalue weighted by molar-refractivity contribution is -0.129. The van der Waals surface area contributed by atoms with E-state index in [9.17, 15) is 4.79 Å².